The summed E-state index contributed by atoms with van der Waals surface area (Å²) < 4.78 is 6.63. The molecule has 3 rings (SSSR count). The predicted molar refractivity (Wildman–Crippen MR) is 108 cm³/mol. The summed E-state index contributed by atoms with van der Waals surface area (Å²) in [5, 5.41) is 10.1. The third-order valence-corrected chi connectivity index (χ3v) is 4.20. The molecule has 0 spiro atoms. The lowest BCUT2D eigenvalue weighted by atomic mass is 10.2. The quantitative estimate of drug-likeness (QED) is 0.693. The number of benzene rings is 2. The normalized spacial score (nSPS) is 10.4. The number of nitrogens with one attached hydrogen (secondary N) is 2. The Hall–Kier alpha value is -3.61. The molecule has 0 saturated heterocycles. The van der Waals surface area contributed by atoms with Crippen LogP contribution >= 0.6 is 0 Å². The molecule has 1 heterocycles. The van der Waals surface area contributed by atoms with Crippen LogP contribution in [0.3, 0.4) is 0 Å². The van der Waals surface area contributed by atoms with Crippen molar-refractivity contribution >= 4 is 23.4 Å². The molecule has 2 aromatic carbocycles. The van der Waals surface area contributed by atoms with Crippen LogP contribution in [-0.4, -0.2) is 28.4 Å². The molecule has 2 N–H and O–H groups in total. The number of ether oxygens (including phenoxy) is 1. The number of para-hydroxylation sites is 1. The Balaban J connectivity index is 1.75. The highest BCUT2D eigenvalue weighted by molar-refractivity contribution is 6.05. The SMILES string of the molecule is CCOC(=O)Nc1ccc(C(=O)Nc2c(C)nn(-c3ccccc3)c2C)cc1. The van der Waals surface area contributed by atoms with Crippen LogP contribution in [0.15, 0.2) is 54.6 Å². The second-order valence-corrected chi connectivity index (χ2v) is 6.17. The van der Waals surface area contributed by atoms with Crippen molar-refractivity contribution in [3.05, 3.63) is 71.5 Å². The molecular formula is C21H22N4O3. The van der Waals surface area contributed by atoms with Gasteiger partial charge in [0.15, 0.2) is 0 Å². The number of nitrogens with zero attached hydrogens (tertiary/aromatic N) is 2. The fourth-order valence-electron chi connectivity index (χ4n) is 2.82. The van der Waals surface area contributed by atoms with E-state index in [4.69, 9.17) is 4.74 Å². The van der Waals surface area contributed by atoms with Crippen LogP contribution in [0.5, 0.6) is 0 Å². The zero-order valence-corrected chi connectivity index (χ0v) is 16.0. The van der Waals surface area contributed by atoms with E-state index in [1.165, 1.54) is 0 Å². The van der Waals surface area contributed by atoms with E-state index in [-0.39, 0.29) is 5.91 Å². The van der Waals surface area contributed by atoms with E-state index in [0.29, 0.717) is 23.5 Å². The summed E-state index contributed by atoms with van der Waals surface area (Å²) in [4.78, 5) is 24.1. The number of carbonyl (C=O) groups is 2. The van der Waals surface area contributed by atoms with Gasteiger partial charge in [0.25, 0.3) is 5.91 Å². The maximum absolute atomic E-state index is 12.6. The Morgan fingerprint density at radius 2 is 1.68 bits per heavy atom. The Bertz CT molecular complexity index is 979. The number of hydrogen-bond acceptors (Lipinski definition) is 4. The van der Waals surface area contributed by atoms with Crippen molar-refractivity contribution in [2.45, 2.75) is 20.8 Å². The van der Waals surface area contributed by atoms with Gasteiger partial charge < -0.3 is 10.1 Å². The van der Waals surface area contributed by atoms with Crippen LogP contribution in [0.2, 0.25) is 0 Å². The summed E-state index contributed by atoms with van der Waals surface area (Å²) in [5.74, 6) is -0.249. The highest BCUT2D eigenvalue weighted by atomic mass is 16.5. The zero-order valence-electron chi connectivity index (χ0n) is 16.0. The summed E-state index contributed by atoms with van der Waals surface area (Å²) in [5.41, 5.74) is 4.22. The molecular weight excluding hydrogens is 356 g/mol. The molecule has 3 aromatic rings. The lowest BCUT2D eigenvalue weighted by Crippen LogP contribution is -2.15. The van der Waals surface area contributed by atoms with Gasteiger partial charge in [0.05, 0.1) is 29.4 Å². The molecule has 7 heteroatoms. The smallest absolute Gasteiger partial charge is 0.411 e. The Kier molecular flexibility index (Phi) is 5.74. The van der Waals surface area contributed by atoms with Gasteiger partial charge in [-0.05, 0) is 57.2 Å². The van der Waals surface area contributed by atoms with Gasteiger partial charge in [-0.3, -0.25) is 10.1 Å². The Labute approximate surface area is 163 Å². The molecule has 28 heavy (non-hydrogen) atoms. The molecule has 0 unspecified atom stereocenters. The lowest BCUT2D eigenvalue weighted by Gasteiger charge is -2.08. The minimum atomic E-state index is -0.528. The van der Waals surface area contributed by atoms with Gasteiger partial charge in [0.2, 0.25) is 0 Å². The van der Waals surface area contributed by atoms with Gasteiger partial charge in [-0.2, -0.15) is 5.10 Å². The molecule has 0 atom stereocenters. The van der Waals surface area contributed by atoms with Gasteiger partial charge in [-0.1, -0.05) is 18.2 Å². The van der Waals surface area contributed by atoms with Crippen LogP contribution in [0.25, 0.3) is 5.69 Å². The van der Waals surface area contributed by atoms with Crippen LogP contribution in [0, 0.1) is 13.8 Å². The maximum Gasteiger partial charge on any atom is 0.411 e. The first-order chi connectivity index (χ1) is 13.5. The van der Waals surface area contributed by atoms with Gasteiger partial charge in [-0.15, -0.1) is 0 Å². The van der Waals surface area contributed by atoms with Crippen molar-refractivity contribution in [1.29, 1.82) is 0 Å². The second-order valence-electron chi connectivity index (χ2n) is 6.17. The van der Waals surface area contributed by atoms with E-state index >= 15 is 0 Å². The maximum atomic E-state index is 12.6. The van der Waals surface area contributed by atoms with Crippen LogP contribution < -0.4 is 10.6 Å². The van der Waals surface area contributed by atoms with E-state index in [1.807, 2.05) is 44.2 Å². The second kappa shape index (κ2) is 8.39. The molecule has 0 saturated carbocycles. The van der Waals surface area contributed by atoms with Crippen LogP contribution in [0.4, 0.5) is 16.2 Å². The average molecular weight is 378 g/mol. The Morgan fingerprint density at radius 1 is 1.00 bits per heavy atom. The first kappa shape index (κ1) is 19.2. The fourth-order valence-corrected chi connectivity index (χ4v) is 2.82. The highest BCUT2D eigenvalue weighted by Gasteiger charge is 2.16. The van der Waals surface area contributed by atoms with Crippen molar-refractivity contribution in [2.24, 2.45) is 0 Å². The predicted octanol–water partition coefficient (Wildman–Crippen LogP) is 4.31. The van der Waals surface area contributed by atoms with Crippen molar-refractivity contribution in [2.75, 3.05) is 17.2 Å². The molecule has 0 aliphatic rings. The third kappa shape index (κ3) is 4.20. The van der Waals surface area contributed by atoms with Crippen molar-refractivity contribution in [3.63, 3.8) is 0 Å². The third-order valence-electron chi connectivity index (χ3n) is 4.20. The van der Waals surface area contributed by atoms with Crippen molar-refractivity contribution < 1.29 is 14.3 Å². The number of amides is 2. The van der Waals surface area contributed by atoms with Crippen molar-refractivity contribution in [1.82, 2.24) is 9.78 Å². The van der Waals surface area contributed by atoms with E-state index in [1.54, 1.807) is 35.9 Å². The minimum absolute atomic E-state index is 0.249. The van der Waals surface area contributed by atoms with E-state index in [0.717, 1.165) is 17.1 Å². The van der Waals surface area contributed by atoms with E-state index in [9.17, 15) is 9.59 Å². The lowest BCUT2D eigenvalue weighted by molar-refractivity contribution is 0.102. The first-order valence-corrected chi connectivity index (χ1v) is 8.96. The largest absolute Gasteiger partial charge is 0.450 e. The molecule has 2 amide bonds. The number of carbonyl (C=O) groups excluding carboxylic acids is 2. The Morgan fingerprint density at radius 3 is 2.32 bits per heavy atom. The zero-order chi connectivity index (χ0) is 20.1. The summed E-state index contributed by atoms with van der Waals surface area (Å²) in [7, 11) is 0. The van der Waals surface area contributed by atoms with E-state index < -0.39 is 6.09 Å². The molecule has 0 bridgehead atoms. The summed E-state index contributed by atoms with van der Waals surface area (Å²) in [6, 6.07) is 16.3. The molecule has 0 aliphatic heterocycles. The number of rotatable bonds is 5. The van der Waals surface area contributed by atoms with Crippen LogP contribution in [-0.2, 0) is 4.74 Å². The molecule has 1 aromatic heterocycles. The number of aryl methyl sites for hydroxylation is 1. The van der Waals surface area contributed by atoms with Crippen LogP contribution in [0.1, 0.15) is 28.7 Å². The molecule has 7 nitrogen and oxygen atoms in total. The van der Waals surface area contributed by atoms with Gasteiger partial charge in [0, 0.05) is 11.3 Å². The first-order valence-electron chi connectivity index (χ1n) is 8.96. The molecule has 0 radical (unpaired) electrons. The molecule has 0 fully saturated rings. The highest BCUT2D eigenvalue weighted by Crippen LogP contribution is 2.23. The summed E-state index contributed by atoms with van der Waals surface area (Å²) in [6.45, 7) is 5.79. The van der Waals surface area contributed by atoms with E-state index in [2.05, 4.69) is 15.7 Å². The van der Waals surface area contributed by atoms with Gasteiger partial charge in [-0.25, -0.2) is 9.48 Å². The van der Waals surface area contributed by atoms with Crippen molar-refractivity contribution in [3.8, 4) is 5.69 Å². The topological polar surface area (TPSA) is 85.2 Å². The monoisotopic (exact) mass is 378 g/mol. The summed E-state index contributed by atoms with van der Waals surface area (Å²) >= 11 is 0. The minimum Gasteiger partial charge on any atom is -0.450 e. The number of aromatic nitrogens is 2. The standard InChI is InChI=1S/C21H22N4O3/c1-4-28-21(27)22-17-12-10-16(11-13-17)20(26)23-19-14(2)24-25(15(19)3)18-8-6-5-7-9-18/h5-13H,4H2,1-3H3,(H,22,27)(H,23,26). The van der Waals surface area contributed by atoms with Gasteiger partial charge in [0.1, 0.15) is 0 Å². The van der Waals surface area contributed by atoms with Gasteiger partial charge >= 0.3 is 6.09 Å². The average Bonchev–Trinajstić information content (AvgIpc) is 2.97. The number of anilines is 2. The molecule has 144 valence electrons. The number of hydrogen-bond donors (Lipinski definition) is 2. The fraction of sp³-hybridized carbons (Fsp3) is 0.190. The molecule has 0 aliphatic carbocycles. The summed E-state index contributed by atoms with van der Waals surface area (Å²) in [6.07, 6.45) is -0.528.